The summed E-state index contributed by atoms with van der Waals surface area (Å²) in [5, 5.41) is 11.2. The van der Waals surface area contributed by atoms with Gasteiger partial charge < -0.3 is 14.4 Å². The van der Waals surface area contributed by atoms with Crippen LogP contribution in [0.5, 0.6) is 0 Å². The lowest BCUT2D eigenvalue weighted by atomic mass is 10.1. The number of hydrogen-bond acceptors (Lipinski definition) is 4. The average Bonchev–Trinajstić information content (AvgIpc) is 3.17. The summed E-state index contributed by atoms with van der Waals surface area (Å²) in [6.07, 6.45) is 5.23. The third-order valence-electron chi connectivity index (χ3n) is 3.58. The molecule has 1 saturated heterocycles. The molecule has 3 rings (SSSR count). The van der Waals surface area contributed by atoms with Crippen molar-refractivity contribution in [2.24, 2.45) is 0 Å². The smallest absolute Gasteiger partial charge is 0.337 e. The van der Waals surface area contributed by atoms with Gasteiger partial charge in [-0.15, -0.1) is 11.3 Å². The number of anilines is 1. The highest BCUT2D eigenvalue weighted by molar-refractivity contribution is 7.11. The van der Waals surface area contributed by atoms with Crippen molar-refractivity contribution >= 4 is 34.8 Å². The normalized spacial score (nSPS) is 16.2. The lowest BCUT2D eigenvalue weighted by molar-refractivity contribution is -0.130. The van der Waals surface area contributed by atoms with Crippen molar-refractivity contribution in [2.75, 3.05) is 18.0 Å². The fraction of sp³-hybridized carbons (Fsp3) is 0.312. The topological polar surface area (TPSA) is 53.7 Å². The molecule has 4 nitrogen and oxygen atoms in total. The fourth-order valence-corrected chi connectivity index (χ4v) is 3.25. The van der Waals surface area contributed by atoms with E-state index in [1.54, 1.807) is 12.1 Å². The molecular formula is C16H17NO3S. The number of carboxylic acids is 1. The van der Waals surface area contributed by atoms with Crippen LogP contribution >= 0.6 is 11.3 Å². The van der Waals surface area contributed by atoms with Crippen LogP contribution in [0.3, 0.4) is 0 Å². The zero-order valence-corrected chi connectivity index (χ0v) is 12.4. The van der Waals surface area contributed by atoms with E-state index < -0.39 is 5.97 Å². The molecule has 3 heterocycles. The number of nitrogens with zero attached hydrogens (tertiary/aromatic N) is 1. The van der Waals surface area contributed by atoms with Crippen LogP contribution < -0.4 is 4.90 Å². The van der Waals surface area contributed by atoms with E-state index in [0.717, 1.165) is 23.9 Å². The van der Waals surface area contributed by atoms with E-state index >= 15 is 0 Å². The van der Waals surface area contributed by atoms with Crippen LogP contribution in [0.2, 0.25) is 0 Å². The van der Waals surface area contributed by atoms with Crippen LogP contribution in [-0.2, 0) is 4.79 Å². The van der Waals surface area contributed by atoms with Gasteiger partial charge in [0.15, 0.2) is 5.88 Å². The van der Waals surface area contributed by atoms with E-state index in [1.165, 1.54) is 30.6 Å². The molecule has 0 atom stereocenters. The molecule has 0 aliphatic carbocycles. The van der Waals surface area contributed by atoms with Gasteiger partial charge in [0.2, 0.25) is 0 Å². The Hall–Kier alpha value is -2.01. The summed E-state index contributed by atoms with van der Waals surface area (Å²) in [5.41, 5.74) is 0.268. The van der Waals surface area contributed by atoms with Gasteiger partial charge in [0, 0.05) is 24.0 Å². The number of aliphatic carboxylic acids is 1. The Morgan fingerprint density at radius 2 is 2.05 bits per heavy atom. The van der Waals surface area contributed by atoms with E-state index in [1.807, 2.05) is 23.6 Å². The molecule has 0 unspecified atom stereocenters. The van der Waals surface area contributed by atoms with Crippen LogP contribution in [0.1, 0.15) is 29.9 Å². The molecule has 2 aromatic rings. The molecule has 5 heteroatoms. The lowest BCUT2D eigenvalue weighted by Crippen LogP contribution is -2.28. The minimum atomic E-state index is -0.937. The molecule has 1 aliphatic heterocycles. The second-order valence-corrected chi connectivity index (χ2v) is 6.01. The Kier molecular flexibility index (Phi) is 4.10. The van der Waals surface area contributed by atoms with Gasteiger partial charge in [-0.1, -0.05) is 6.07 Å². The molecule has 1 aliphatic rings. The summed E-state index contributed by atoms with van der Waals surface area (Å²) in [7, 11) is 0. The third kappa shape index (κ3) is 3.19. The summed E-state index contributed by atoms with van der Waals surface area (Å²) in [6.45, 7) is 2.01. The zero-order valence-electron chi connectivity index (χ0n) is 11.6. The highest BCUT2D eigenvalue weighted by Gasteiger charge is 2.16. The van der Waals surface area contributed by atoms with Gasteiger partial charge in [0.05, 0.1) is 5.57 Å². The SMILES string of the molecule is O=C(O)/C(=C\c1ccc(N2CCCCC2)o1)c1cccs1. The number of carbonyl (C=O) groups is 1. The molecule has 2 aromatic heterocycles. The van der Waals surface area contributed by atoms with Crippen molar-refractivity contribution in [2.45, 2.75) is 19.3 Å². The standard InChI is InChI=1S/C16H17NO3S/c18-16(19)13(14-5-4-10-21-14)11-12-6-7-15(20-12)17-8-2-1-3-9-17/h4-7,10-11H,1-3,8-9H2,(H,18,19)/b13-11-. The molecule has 0 saturated carbocycles. The number of rotatable bonds is 4. The van der Waals surface area contributed by atoms with Gasteiger partial charge in [-0.3, -0.25) is 0 Å². The largest absolute Gasteiger partial charge is 0.478 e. The van der Waals surface area contributed by atoms with Crippen molar-refractivity contribution in [3.05, 3.63) is 40.3 Å². The maximum Gasteiger partial charge on any atom is 0.337 e. The van der Waals surface area contributed by atoms with E-state index in [9.17, 15) is 9.90 Å². The van der Waals surface area contributed by atoms with Crippen molar-refractivity contribution in [3.63, 3.8) is 0 Å². The van der Waals surface area contributed by atoms with Gasteiger partial charge in [-0.2, -0.15) is 0 Å². The fourth-order valence-electron chi connectivity index (χ4n) is 2.52. The monoisotopic (exact) mass is 303 g/mol. The maximum atomic E-state index is 11.4. The molecule has 110 valence electrons. The van der Waals surface area contributed by atoms with Crippen molar-refractivity contribution in [1.29, 1.82) is 0 Å². The Morgan fingerprint density at radius 3 is 2.71 bits per heavy atom. The molecule has 1 fully saturated rings. The summed E-state index contributed by atoms with van der Waals surface area (Å²) < 4.78 is 5.79. The molecule has 0 spiro atoms. The number of thiophene rings is 1. The Bertz CT molecular complexity index is 636. The summed E-state index contributed by atoms with van der Waals surface area (Å²) in [5.74, 6) is 0.478. The van der Waals surface area contributed by atoms with Crippen LogP contribution in [0.15, 0.2) is 34.1 Å². The molecule has 0 radical (unpaired) electrons. The molecule has 0 amide bonds. The van der Waals surface area contributed by atoms with Gasteiger partial charge in [-0.05, 0) is 42.9 Å². The minimum absolute atomic E-state index is 0.268. The maximum absolute atomic E-state index is 11.4. The first-order valence-corrected chi connectivity index (χ1v) is 7.95. The Labute approximate surface area is 127 Å². The molecule has 21 heavy (non-hydrogen) atoms. The lowest BCUT2D eigenvalue weighted by Gasteiger charge is -2.25. The molecule has 1 N–H and O–H groups in total. The second kappa shape index (κ2) is 6.18. The number of carboxylic acid groups (broad SMARTS) is 1. The van der Waals surface area contributed by atoms with Gasteiger partial charge in [0.1, 0.15) is 5.76 Å². The van der Waals surface area contributed by atoms with E-state index in [2.05, 4.69) is 4.90 Å². The zero-order chi connectivity index (χ0) is 14.7. The minimum Gasteiger partial charge on any atom is -0.478 e. The second-order valence-electron chi connectivity index (χ2n) is 5.06. The number of piperidine rings is 1. The quantitative estimate of drug-likeness (QED) is 0.869. The third-order valence-corrected chi connectivity index (χ3v) is 4.49. The van der Waals surface area contributed by atoms with Crippen LogP contribution in [0.25, 0.3) is 11.6 Å². The van der Waals surface area contributed by atoms with Gasteiger partial charge in [0.25, 0.3) is 0 Å². The van der Waals surface area contributed by atoms with Crippen molar-refractivity contribution < 1.29 is 14.3 Å². The van der Waals surface area contributed by atoms with Crippen LogP contribution in [0.4, 0.5) is 5.88 Å². The van der Waals surface area contributed by atoms with Crippen LogP contribution in [-0.4, -0.2) is 24.2 Å². The van der Waals surface area contributed by atoms with E-state index in [-0.39, 0.29) is 5.57 Å². The molecular weight excluding hydrogens is 286 g/mol. The predicted molar refractivity (Wildman–Crippen MR) is 84.6 cm³/mol. The summed E-state index contributed by atoms with van der Waals surface area (Å²) >= 11 is 1.41. The Balaban J connectivity index is 1.84. The first-order chi connectivity index (χ1) is 10.2. The van der Waals surface area contributed by atoms with Crippen LogP contribution in [0, 0.1) is 0 Å². The van der Waals surface area contributed by atoms with E-state index in [0.29, 0.717) is 5.76 Å². The van der Waals surface area contributed by atoms with Crippen molar-refractivity contribution in [1.82, 2.24) is 0 Å². The summed E-state index contributed by atoms with van der Waals surface area (Å²) in [6, 6.07) is 7.41. The first-order valence-electron chi connectivity index (χ1n) is 7.08. The van der Waals surface area contributed by atoms with Crippen molar-refractivity contribution in [3.8, 4) is 0 Å². The highest BCUT2D eigenvalue weighted by Crippen LogP contribution is 2.27. The number of hydrogen-bond donors (Lipinski definition) is 1. The van der Waals surface area contributed by atoms with E-state index in [4.69, 9.17) is 4.42 Å². The first kappa shape index (κ1) is 13.9. The highest BCUT2D eigenvalue weighted by atomic mass is 32.1. The summed E-state index contributed by atoms with van der Waals surface area (Å²) in [4.78, 5) is 14.3. The Morgan fingerprint density at radius 1 is 1.24 bits per heavy atom. The number of furan rings is 1. The molecule has 0 bridgehead atoms. The van der Waals surface area contributed by atoms with Gasteiger partial charge >= 0.3 is 5.97 Å². The van der Waals surface area contributed by atoms with Gasteiger partial charge in [-0.25, -0.2) is 4.79 Å². The average molecular weight is 303 g/mol. The predicted octanol–water partition coefficient (Wildman–Crippen LogP) is 3.96. The molecule has 0 aromatic carbocycles.